The van der Waals surface area contributed by atoms with E-state index in [4.69, 9.17) is 23.2 Å². The van der Waals surface area contributed by atoms with Crippen LogP contribution in [-0.2, 0) is 0 Å². The molecular formula is C13H13Cl2N3O. The monoisotopic (exact) mass is 297 g/mol. The second kappa shape index (κ2) is 5.63. The molecular weight excluding hydrogens is 285 g/mol. The first-order chi connectivity index (χ1) is 9.04. The van der Waals surface area contributed by atoms with E-state index in [1.807, 2.05) is 19.9 Å². The molecule has 0 amide bonds. The summed E-state index contributed by atoms with van der Waals surface area (Å²) in [6.07, 6.45) is 1.53. The van der Waals surface area contributed by atoms with Crippen LogP contribution in [0.5, 0.6) is 0 Å². The standard InChI is InChI=1S/C13H13Cl2N3O/c1-3-16-11-7-17-18(13(19)12(11)15)9-5-4-8(2)10(14)6-9/h4-7,16H,3H2,1-2H3. The van der Waals surface area contributed by atoms with Crippen LogP contribution >= 0.6 is 23.2 Å². The summed E-state index contributed by atoms with van der Waals surface area (Å²) >= 11 is 12.1. The third-order valence-electron chi connectivity index (χ3n) is 2.69. The molecule has 0 bridgehead atoms. The van der Waals surface area contributed by atoms with Gasteiger partial charge in [-0.3, -0.25) is 4.79 Å². The van der Waals surface area contributed by atoms with Crippen molar-refractivity contribution in [1.82, 2.24) is 9.78 Å². The van der Waals surface area contributed by atoms with Gasteiger partial charge in [-0.25, -0.2) is 0 Å². The maximum absolute atomic E-state index is 12.1. The zero-order valence-electron chi connectivity index (χ0n) is 10.6. The van der Waals surface area contributed by atoms with Crippen LogP contribution in [0.3, 0.4) is 0 Å². The molecule has 1 aromatic carbocycles. The maximum atomic E-state index is 12.1. The number of anilines is 1. The Bertz CT molecular complexity index is 667. The Morgan fingerprint density at radius 1 is 1.37 bits per heavy atom. The SMILES string of the molecule is CCNc1cnn(-c2ccc(C)c(Cl)c2)c(=O)c1Cl. The highest BCUT2D eigenvalue weighted by molar-refractivity contribution is 6.33. The third kappa shape index (κ3) is 2.74. The largest absolute Gasteiger partial charge is 0.383 e. The van der Waals surface area contributed by atoms with Gasteiger partial charge < -0.3 is 5.32 Å². The molecule has 1 N–H and O–H groups in total. The lowest BCUT2D eigenvalue weighted by molar-refractivity contribution is 0.807. The van der Waals surface area contributed by atoms with E-state index in [1.54, 1.807) is 12.1 Å². The fraction of sp³-hybridized carbons (Fsp3) is 0.231. The highest BCUT2D eigenvalue weighted by Gasteiger charge is 2.10. The van der Waals surface area contributed by atoms with Gasteiger partial charge in [0.2, 0.25) is 0 Å². The number of halogens is 2. The van der Waals surface area contributed by atoms with Gasteiger partial charge in [0.25, 0.3) is 5.56 Å². The van der Waals surface area contributed by atoms with Crippen LogP contribution in [0, 0.1) is 6.92 Å². The Labute approximate surface area is 121 Å². The molecule has 4 nitrogen and oxygen atoms in total. The molecule has 0 radical (unpaired) electrons. The van der Waals surface area contributed by atoms with Crippen molar-refractivity contribution in [1.29, 1.82) is 0 Å². The summed E-state index contributed by atoms with van der Waals surface area (Å²) in [6, 6.07) is 5.30. The van der Waals surface area contributed by atoms with E-state index in [-0.39, 0.29) is 10.6 Å². The molecule has 0 atom stereocenters. The lowest BCUT2D eigenvalue weighted by Crippen LogP contribution is -2.22. The summed E-state index contributed by atoms with van der Waals surface area (Å²) in [5.41, 5.74) is 1.68. The first-order valence-corrected chi connectivity index (χ1v) is 6.58. The van der Waals surface area contributed by atoms with Crippen molar-refractivity contribution in [3.05, 3.63) is 50.4 Å². The Kier molecular flexibility index (Phi) is 4.12. The average Bonchev–Trinajstić information content (AvgIpc) is 2.39. The second-order valence-corrected chi connectivity index (χ2v) is 4.84. The fourth-order valence-electron chi connectivity index (χ4n) is 1.64. The highest BCUT2D eigenvalue weighted by Crippen LogP contribution is 2.20. The number of hydrogen-bond acceptors (Lipinski definition) is 3. The molecule has 0 saturated heterocycles. The van der Waals surface area contributed by atoms with E-state index < -0.39 is 0 Å². The Morgan fingerprint density at radius 3 is 2.74 bits per heavy atom. The first kappa shape index (κ1) is 13.9. The Balaban J connectivity index is 2.54. The zero-order chi connectivity index (χ0) is 14.0. The van der Waals surface area contributed by atoms with Crippen molar-refractivity contribution in [2.75, 3.05) is 11.9 Å². The quantitative estimate of drug-likeness (QED) is 0.946. The van der Waals surface area contributed by atoms with Gasteiger partial charge >= 0.3 is 0 Å². The molecule has 0 saturated carbocycles. The summed E-state index contributed by atoms with van der Waals surface area (Å²) in [7, 11) is 0. The topological polar surface area (TPSA) is 46.9 Å². The van der Waals surface area contributed by atoms with Crippen LogP contribution in [-0.4, -0.2) is 16.3 Å². The maximum Gasteiger partial charge on any atom is 0.292 e. The molecule has 2 aromatic rings. The van der Waals surface area contributed by atoms with E-state index in [0.29, 0.717) is 22.9 Å². The van der Waals surface area contributed by atoms with Crippen molar-refractivity contribution >= 4 is 28.9 Å². The Hall–Kier alpha value is -1.52. The van der Waals surface area contributed by atoms with Crippen molar-refractivity contribution < 1.29 is 0 Å². The summed E-state index contributed by atoms with van der Waals surface area (Å²) in [5, 5.41) is 7.78. The molecule has 1 heterocycles. The van der Waals surface area contributed by atoms with Gasteiger partial charge in [-0.1, -0.05) is 29.3 Å². The number of hydrogen-bond donors (Lipinski definition) is 1. The number of aryl methyl sites for hydroxylation is 1. The van der Waals surface area contributed by atoms with Crippen LogP contribution < -0.4 is 10.9 Å². The lowest BCUT2D eigenvalue weighted by Gasteiger charge is -2.09. The molecule has 0 unspecified atom stereocenters. The molecule has 2 rings (SSSR count). The summed E-state index contributed by atoms with van der Waals surface area (Å²) in [6.45, 7) is 4.48. The van der Waals surface area contributed by atoms with Crippen LogP contribution in [0.15, 0.2) is 29.2 Å². The van der Waals surface area contributed by atoms with Gasteiger partial charge in [0.05, 0.1) is 17.6 Å². The molecule has 6 heteroatoms. The third-order valence-corrected chi connectivity index (χ3v) is 3.46. The van der Waals surface area contributed by atoms with Gasteiger partial charge in [0, 0.05) is 11.6 Å². The molecule has 1 aromatic heterocycles. The predicted octanol–water partition coefficient (Wildman–Crippen LogP) is 3.28. The Morgan fingerprint density at radius 2 is 2.11 bits per heavy atom. The van der Waals surface area contributed by atoms with Crippen LogP contribution in [0.2, 0.25) is 10.0 Å². The molecule has 0 aliphatic carbocycles. The van der Waals surface area contributed by atoms with E-state index >= 15 is 0 Å². The summed E-state index contributed by atoms with van der Waals surface area (Å²) < 4.78 is 1.23. The zero-order valence-corrected chi connectivity index (χ0v) is 12.1. The van der Waals surface area contributed by atoms with E-state index in [2.05, 4.69) is 10.4 Å². The van der Waals surface area contributed by atoms with Gasteiger partial charge in [-0.2, -0.15) is 9.78 Å². The van der Waals surface area contributed by atoms with Crippen molar-refractivity contribution in [2.24, 2.45) is 0 Å². The minimum Gasteiger partial charge on any atom is -0.383 e. The van der Waals surface area contributed by atoms with E-state index in [9.17, 15) is 4.79 Å². The van der Waals surface area contributed by atoms with E-state index in [0.717, 1.165) is 5.56 Å². The average molecular weight is 298 g/mol. The smallest absolute Gasteiger partial charge is 0.292 e. The minimum atomic E-state index is -0.375. The number of aromatic nitrogens is 2. The molecule has 0 aliphatic heterocycles. The van der Waals surface area contributed by atoms with Gasteiger partial charge in [-0.15, -0.1) is 0 Å². The summed E-state index contributed by atoms with van der Waals surface area (Å²) in [4.78, 5) is 12.1. The number of nitrogens with zero attached hydrogens (tertiary/aromatic N) is 2. The molecule has 19 heavy (non-hydrogen) atoms. The molecule has 0 aliphatic rings. The fourth-order valence-corrected chi connectivity index (χ4v) is 2.01. The van der Waals surface area contributed by atoms with Crippen LogP contribution in [0.4, 0.5) is 5.69 Å². The molecule has 100 valence electrons. The van der Waals surface area contributed by atoms with Crippen molar-refractivity contribution in [3.63, 3.8) is 0 Å². The van der Waals surface area contributed by atoms with Gasteiger partial charge in [0.1, 0.15) is 5.02 Å². The number of benzene rings is 1. The predicted molar refractivity (Wildman–Crippen MR) is 78.8 cm³/mol. The highest BCUT2D eigenvalue weighted by atomic mass is 35.5. The normalized spacial score (nSPS) is 10.5. The van der Waals surface area contributed by atoms with E-state index in [1.165, 1.54) is 10.9 Å². The van der Waals surface area contributed by atoms with Gasteiger partial charge in [0.15, 0.2) is 0 Å². The number of rotatable bonds is 3. The summed E-state index contributed by atoms with van der Waals surface area (Å²) in [5.74, 6) is 0. The van der Waals surface area contributed by atoms with Crippen molar-refractivity contribution in [3.8, 4) is 5.69 Å². The minimum absolute atomic E-state index is 0.119. The lowest BCUT2D eigenvalue weighted by atomic mass is 10.2. The van der Waals surface area contributed by atoms with Gasteiger partial charge in [-0.05, 0) is 31.5 Å². The first-order valence-electron chi connectivity index (χ1n) is 5.82. The van der Waals surface area contributed by atoms with Crippen molar-refractivity contribution in [2.45, 2.75) is 13.8 Å². The molecule has 0 spiro atoms. The second-order valence-electron chi connectivity index (χ2n) is 4.05. The van der Waals surface area contributed by atoms with Crippen LogP contribution in [0.1, 0.15) is 12.5 Å². The molecule has 0 fully saturated rings. The number of nitrogens with one attached hydrogen (secondary N) is 1. The van der Waals surface area contributed by atoms with Crippen LogP contribution in [0.25, 0.3) is 5.69 Å².